The molecule has 0 heterocycles. The molecule has 0 saturated heterocycles. The first-order valence-corrected chi connectivity index (χ1v) is 6.73. The molecule has 0 atom stereocenters. The van der Waals surface area contributed by atoms with E-state index in [0.717, 1.165) is 11.1 Å². The average Bonchev–Trinajstić information content (AvgIpc) is 2.45. The van der Waals surface area contributed by atoms with Gasteiger partial charge in [0.05, 0.1) is 17.2 Å². The number of rotatable bonds is 2. The minimum atomic E-state index is -0.511. The highest BCUT2D eigenvalue weighted by atomic mass is 16.6. The largest absolute Gasteiger partial charge is 0.456 e. The lowest BCUT2D eigenvalue weighted by Crippen LogP contribution is -2.23. The first-order valence-electron chi connectivity index (χ1n) is 6.73. The Hall–Kier alpha value is -2.60. The van der Waals surface area contributed by atoms with E-state index in [-0.39, 0.29) is 5.97 Å². The Kier molecular flexibility index (Phi) is 4.09. The molecule has 0 saturated carbocycles. The highest BCUT2D eigenvalue weighted by Crippen LogP contribution is 2.24. The quantitative estimate of drug-likeness (QED) is 0.775. The summed E-state index contributed by atoms with van der Waals surface area (Å²) in [7, 11) is 0. The van der Waals surface area contributed by atoms with Crippen LogP contribution >= 0.6 is 0 Å². The number of nitriles is 1. The lowest BCUT2D eigenvalue weighted by molar-refractivity contribution is 0.00696. The number of esters is 1. The molecule has 2 aromatic rings. The second-order valence-electron chi connectivity index (χ2n) is 5.74. The predicted molar refractivity (Wildman–Crippen MR) is 81.8 cm³/mol. The number of benzene rings is 2. The van der Waals surface area contributed by atoms with Crippen molar-refractivity contribution in [3.05, 3.63) is 59.7 Å². The van der Waals surface area contributed by atoms with E-state index >= 15 is 0 Å². The molecule has 106 valence electrons. The molecule has 0 amide bonds. The van der Waals surface area contributed by atoms with Crippen LogP contribution in [0.15, 0.2) is 48.5 Å². The molecule has 0 aliphatic heterocycles. The zero-order chi connectivity index (χ0) is 15.5. The molecular weight excluding hydrogens is 262 g/mol. The zero-order valence-corrected chi connectivity index (χ0v) is 12.4. The zero-order valence-electron chi connectivity index (χ0n) is 12.4. The van der Waals surface area contributed by atoms with E-state index in [9.17, 15) is 4.79 Å². The van der Waals surface area contributed by atoms with Crippen LogP contribution in [0.25, 0.3) is 11.1 Å². The van der Waals surface area contributed by atoms with Crippen molar-refractivity contribution in [1.82, 2.24) is 0 Å². The van der Waals surface area contributed by atoms with Gasteiger partial charge in [0.25, 0.3) is 0 Å². The standard InChI is InChI=1S/C18H17NO2/c1-18(2,3)21-17(20)14-10-8-13(9-11-14)16-7-5-4-6-15(16)12-19/h4-11H,1-3H3. The van der Waals surface area contributed by atoms with Crippen LogP contribution in [0.4, 0.5) is 0 Å². The number of carbonyl (C=O) groups is 1. The number of hydrogen-bond donors (Lipinski definition) is 0. The molecule has 0 spiro atoms. The van der Waals surface area contributed by atoms with Gasteiger partial charge in [-0.1, -0.05) is 30.3 Å². The third kappa shape index (κ3) is 3.70. The Balaban J connectivity index is 2.28. The number of carbonyl (C=O) groups excluding carboxylic acids is 1. The van der Waals surface area contributed by atoms with Crippen molar-refractivity contribution >= 4 is 5.97 Å². The van der Waals surface area contributed by atoms with E-state index in [1.165, 1.54) is 0 Å². The van der Waals surface area contributed by atoms with Crippen LogP contribution in [-0.4, -0.2) is 11.6 Å². The summed E-state index contributed by atoms with van der Waals surface area (Å²) >= 11 is 0. The van der Waals surface area contributed by atoms with E-state index in [1.807, 2.05) is 51.1 Å². The molecule has 21 heavy (non-hydrogen) atoms. The maximum absolute atomic E-state index is 12.0. The summed E-state index contributed by atoms with van der Waals surface area (Å²) in [5, 5.41) is 9.13. The molecule has 0 aliphatic rings. The molecule has 0 N–H and O–H groups in total. The normalized spacial score (nSPS) is 10.8. The average molecular weight is 279 g/mol. The van der Waals surface area contributed by atoms with Crippen molar-refractivity contribution in [2.45, 2.75) is 26.4 Å². The second kappa shape index (κ2) is 5.80. The number of hydrogen-bond acceptors (Lipinski definition) is 3. The van der Waals surface area contributed by atoms with Crippen molar-refractivity contribution in [1.29, 1.82) is 5.26 Å². The molecule has 0 radical (unpaired) electrons. The van der Waals surface area contributed by atoms with Crippen LogP contribution in [0.3, 0.4) is 0 Å². The lowest BCUT2D eigenvalue weighted by atomic mass is 9.99. The summed E-state index contributed by atoms with van der Waals surface area (Å²) < 4.78 is 5.32. The molecule has 3 heteroatoms. The van der Waals surface area contributed by atoms with Crippen molar-refractivity contribution in [3.8, 4) is 17.2 Å². The monoisotopic (exact) mass is 279 g/mol. The van der Waals surface area contributed by atoms with Crippen LogP contribution < -0.4 is 0 Å². The van der Waals surface area contributed by atoms with Gasteiger partial charge in [0.15, 0.2) is 0 Å². The van der Waals surface area contributed by atoms with Gasteiger partial charge in [-0.25, -0.2) is 4.79 Å². The van der Waals surface area contributed by atoms with Gasteiger partial charge in [-0.15, -0.1) is 0 Å². The Morgan fingerprint density at radius 1 is 1.05 bits per heavy atom. The first kappa shape index (κ1) is 14.8. The van der Waals surface area contributed by atoms with Gasteiger partial charge >= 0.3 is 5.97 Å². The van der Waals surface area contributed by atoms with Gasteiger partial charge in [-0.05, 0) is 50.1 Å². The number of ether oxygens (including phenoxy) is 1. The Morgan fingerprint density at radius 2 is 1.67 bits per heavy atom. The van der Waals surface area contributed by atoms with E-state index < -0.39 is 5.60 Å². The maximum Gasteiger partial charge on any atom is 0.338 e. The van der Waals surface area contributed by atoms with Gasteiger partial charge in [0.2, 0.25) is 0 Å². The molecule has 0 aliphatic carbocycles. The van der Waals surface area contributed by atoms with Gasteiger partial charge in [0, 0.05) is 0 Å². The van der Waals surface area contributed by atoms with E-state index in [4.69, 9.17) is 10.00 Å². The third-order valence-corrected chi connectivity index (χ3v) is 2.88. The summed E-state index contributed by atoms with van der Waals surface area (Å²) in [6, 6.07) is 16.7. The summed E-state index contributed by atoms with van der Waals surface area (Å²) in [6.45, 7) is 5.51. The lowest BCUT2D eigenvalue weighted by Gasteiger charge is -2.19. The van der Waals surface area contributed by atoms with Crippen molar-refractivity contribution < 1.29 is 9.53 Å². The molecule has 2 aromatic carbocycles. The number of nitrogens with zero attached hydrogens (tertiary/aromatic N) is 1. The van der Waals surface area contributed by atoms with Gasteiger partial charge < -0.3 is 4.74 Å². The molecule has 0 bridgehead atoms. The van der Waals surface area contributed by atoms with Crippen LogP contribution in [0, 0.1) is 11.3 Å². The van der Waals surface area contributed by atoms with E-state index in [0.29, 0.717) is 11.1 Å². The molecule has 0 fully saturated rings. The minimum Gasteiger partial charge on any atom is -0.456 e. The topological polar surface area (TPSA) is 50.1 Å². The Morgan fingerprint density at radius 3 is 2.24 bits per heavy atom. The van der Waals surface area contributed by atoms with E-state index in [1.54, 1.807) is 18.2 Å². The molecule has 2 rings (SSSR count). The molecule has 0 aromatic heterocycles. The Bertz CT molecular complexity index is 688. The van der Waals surface area contributed by atoms with Gasteiger partial charge in [0.1, 0.15) is 5.60 Å². The van der Waals surface area contributed by atoms with Crippen LogP contribution in [0.2, 0.25) is 0 Å². The van der Waals surface area contributed by atoms with Crippen LogP contribution in [-0.2, 0) is 4.74 Å². The summed E-state index contributed by atoms with van der Waals surface area (Å²) in [4.78, 5) is 12.0. The van der Waals surface area contributed by atoms with Gasteiger partial charge in [-0.3, -0.25) is 0 Å². The van der Waals surface area contributed by atoms with Crippen molar-refractivity contribution in [2.75, 3.05) is 0 Å². The second-order valence-corrected chi connectivity index (χ2v) is 5.74. The fourth-order valence-electron chi connectivity index (χ4n) is 1.96. The first-order chi connectivity index (χ1) is 9.90. The summed E-state index contributed by atoms with van der Waals surface area (Å²) in [5.74, 6) is -0.345. The van der Waals surface area contributed by atoms with Crippen molar-refractivity contribution in [2.24, 2.45) is 0 Å². The third-order valence-electron chi connectivity index (χ3n) is 2.88. The fourth-order valence-corrected chi connectivity index (χ4v) is 1.96. The molecule has 3 nitrogen and oxygen atoms in total. The smallest absolute Gasteiger partial charge is 0.338 e. The van der Waals surface area contributed by atoms with Gasteiger partial charge in [-0.2, -0.15) is 5.26 Å². The highest BCUT2D eigenvalue weighted by Gasteiger charge is 2.17. The predicted octanol–water partition coefficient (Wildman–Crippen LogP) is 4.18. The maximum atomic E-state index is 12.0. The summed E-state index contributed by atoms with van der Waals surface area (Å²) in [6.07, 6.45) is 0. The van der Waals surface area contributed by atoms with Crippen LogP contribution in [0.5, 0.6) is 0 Å². The van der Waals surface area contributed by atoms with E-state index in [2.05, 4.69) is 6.07 Å². The SMILES string of the molecule is CC(C)(C)OC(=O)c1ccc(-c2ccccc2C#N)cc1. The Labute approximate surface area is 124 Å². The van der Waals surface area contributed by atoms with Crippen LogP contribution in [0.1, 0.15) is 36.7 Å². The van der Waals surface area contributed by atoms with Crippen molar-refractivity contribution in [3.63, 3.8) is 0 Å². The molecule has 0 unspecified atom stereocenters. The fraction of sp³-hybridized carbons (Fsp3) is 0.222. The minimum absolute atomic E-state index is 0.345. The molecular formula is C18H17NO2. The summed E-state index contributed by atoms with van der Waals surface area (Å²) in [5.41, 5.74) is 2.37. The highest BCUT2D eigenvalue weighted by molar-refractivity contribution is 5.90.